The molecule has 7 nitrogen and oxygen atoms in total. The summed E-state index contributed by atoms with van der Waals surface area (Å²) in [6.45, 7) is 10.2. The number of ether oxygens (including phenoxy) is 1. The molecule has 0 radical (unpaired) electrons. The van der Waals surface area contributed by atoms with Gasteiger partial charge in [0.25, 0.3) is 0 Å². The lowest BCUT2D eigenvalue weighted by Gasteiger charge is -2.35. The molecule has 3 heterocycles. The lowest BCUT2D eigenvalue weighted by Crippen LogP contribution is -2.42. The van der Waals surface area contributed by atoms with Gasteiger partial charge in [-0.15, -0.1) is 0 Å². The molecule has 1 aromatic carbocycles. The molecule has 0 unspecified atom stereocenters. The first kappa shape index (κ1) is 24.6. The van der Waals surface area contributed by atoms with Gasteiger partial charge in [-0.05, 0) is 64.8 Å². The van der Waals surface area contributed by atoms with E-state index in [0.717, 1.165) is 66.9 Å². The van der Waals surface area contributed by atoms with E-state index in [1.54, 1.807) is 7.11 Å². The Morgan fingerprint density at radius 3 is 2.50 bits per heavy atom. The van der Waals surface area contributed by atoms with E-state index in [1.807, 2.05) is 25.1 Å². The summed E-state index contributed by atoms with van der Waals surface area (Å²) in [6.07, 6.45) is 5.72. The molecule has 7 heteroatoms. The van der Waals surface area contributed by atoms with Crippen LogP contribution in [-0.4, -0.2) is 85.8 Å². The van der Waals surface area contributed by atoms with Crippen molar-refractivity contribution in [1.82, 2.24) is 19.8 Å². The standard InChI is InChI=1S/C27H40N6O/c1-20(2)33-16-11-22(12-17-33)28-26-23-19-25(34-5)21(10-6-7-13-32-14-8-9-15-32)18-24(23)29-27(30-26)31(3)4/h18-20,22H,7-9,11-17H2,1-5H3,(H,28,29,30). The maximum atomic E-state index is 5.73. The molecule has 184 valence electrons. The Morgan fingerprint density at radius 2 is 1.85 bits per heavy atom. The van der Waals surface area contributed by atoms with Crippen molar-refractivity contribution in [3.63, 3.8) is 0 Å². The Morgan fingerprint density at radius 1 is 1.12 bits per heavy atom. The molecule has 34 heavy (non-hydrogen) atoms. The van der Waals surface area contributed by atoms with Crippen molar-refractivity contribution in [2.75, 3.05) is 64.1 Å². The highest BCUT2D eigenvalue weighted by Gasteiger charge is 2.22. The number of nitrogens with zero attached hydrogens (tertiary/aromatic N) is 5. The largest absolute Gasteiger partial charge is 0.495 e. The van der Waals surface area contributed by atoms with Crippen LogP contribution in [-0.2, 0) is 0 Å². The smallest absolute Gasteiger partial charge is 0.227 e. The van der Waals surface area contributed by atoms with E-state index >= 15 is 0 Å². The van der Waals surface area contributed by atoms with E-state index < -0.39 is 0 Å². The molecule has 2 fully saturated rings. The Labute approximate surface area is 204 Å². The quantitative estimate of drug-likeness (QED) is 0.625. The lowest BCUT2D eigenvalue weighted by molar-refractivity contribution is 0.177. The van der Waals surface area contributed by atoms with Gasteiger partial charge in [-0.25, -0.2) is 4.98 Å². The van der Waals surface area contributed by atoms with E-state index in [-0.39, 0.29) is 0 Å². The van der Waals surface area contributed by atoms with Crippen molar-refractivity contribution < 1.29 is 4.74 Å². The fraction of sp³-hybridized carbons (Fsp3) is 0.630. The summed E-state index contributed by atoms with van der Waals surface area (Å²) < 4.78 is 5.73. The summed E-state index contributed by atoms with van der Waals surface area (Å²) in [5.74, 6) is 9.05. The van der Waals surface area contributed by atoms with Gasteiger partial charge < -0.3 is 24.8 Å². The lowest BCUT2D eigenvalue weighted by atomic mass is 10.0. The van der Waals surface area contributed by atoms with Gasteiger partial charge in [0.05, 0.1) is 18.2 Å². The number of benzene rings is 1. The molecule has 2 saturated heterocycles. The number of aromatic nitrogens is 2. The summed E-state index contributed by atoms with van der Waals surface area (Å²) in [4.78, 5) is 16.7. The van der Waals surface area contributed by atoms with E-state index in [0.29, 0.717) is 18.0 Å². The minimum Gasteiger partial charge on any atom is -0.495 e. The van der Waals surface area contributed by atoms with Gasteiger partial charge in [-0.3, -0.25) is 0 Å². The van der Waals surface area contributed by atoms with Gasteiger partial charge in [-0.1, -0.05) is 11.8 Å². The minimum atomic E-state index is 0.402. The van der Waals surface area contributed by atoms with Crippen molar-refractivity contribution in [3.05, 3.63) is 17.7 Å². The average Bonchev–Trinajstić information content (AvgIpc) is 3.35. The highest BCUT2D eigenvalue weighted by atomic mass is 16.5. The topological polar surface area (TPSA) is 56.8 Å². The van der Waals surface area contributed by atoms with E-state index in [4.69, 9.17) is 14.7 Å². The van der Waals surface area contributed by atoms with Crippen molar-refractivity contribution in [2.24, 2.45) is 0 Å². The van der Waals surface area contributed by atoms with Crippen LogP contribution in [0.4, 0.5) is 11.8 Å². The molecule has 0 spiro atoms. The van der Waals surface area contributed by atoms with Crippen LogP contribution in [0.2, 0.25) is 0 Å². The molecule has 0 bridgehead atoms. The third-order valence-electron chi connectivity index (χ3n) is 6.98. The number of hydrogen-bond acceptors (Lipinski definition) is 7. The Bertz CT molecular complexity index is 1030. The van der Waals surface area contributed by atoms with E-state index in [9.17, 15) is 0 Å². The molecule has 1 N–H and O–H groups in total. The zero-order valence-corrected chi connectivity index (χ0v) is 21.5. The molecular weight excluding hydrogens is 424 g/mol. The van der Waals surface area contributed by atoms with Gasteiger partial charge in [0.1, 0.15) is 11.6 Å². The third kappa shape index (κ3) is 5.92. The van der Waals surface area contributed by atoms with Gasteiger partial charge in [-0.2, -0.15) is 4.98 Å². The van der Waals surface area contributed by atoms with Gasteiger partial charge >= 0.3 is 0 Å². The summed E-state index contributed by atoms with van der Waals surface area (Å²) in [6, 6.07) is 5.10. The Kier molecular flexibility index (Phi) is 8.12. The van der Waals surface area contributed by atoms with Gasteiger partial charge in [0.15, 0.2) is 0 Å². The summed E-state index contributed by atoms with van der Waals surface area (Å²) >= 11 is 0. The van der Waals surface area contributed by atoms with Crippen LogP contribution in [0.1, 0.15) is 51.5 Å². The van der Waals surface area contributed by atoms with Crippen LogP contribution >= 0.6 is 0 Å². The molecule has 2 aliphatic heterocycles. The van der Waals surface area contributed by atoms with Crippen LogP contribution < -0.4 is 15.0 Å². The number of likely N-dealkylation sites (tertiary alicyclic amines) is 2. The van der Waals surface area contributed by atoms with Crippen LogP contribution in [0, 0.1) is 11.8 Å². The maximum Gasteiger partial charge on any atom is 0.227 e. The van der Waals surface area contributed by atoms with Gasteiger partial charge in [0.2, 0.25) is 5.95 Å². The number of hydrogen-bond donors (Lipinski definition) is 1. The van der Waals surface area contributed by atoms with E-state index in [2.05, 4.69) is 46.9 Å². The predicted molar refractivity (Wildman–Crippen MR) is 141 cm³/mol. The fourth-order valence-corrected chi connectivity index (χ4v) is 4.85. The molecule has 2 aromatic rings. The van der Waals surface area contributed by atoms with E-state index in [1.165, 1.54) is 25.9 Å². The molecule has 0 saturated carbocycles. The first-order valence-corrected chi connectivity index (χ1v) is 12.7. The summed E-state index contributed by atoms with van der Waals surface area (Å²) in [5.41, 5.74) is 1.78. The monoisotopic (exact) mass is 464 g/mol. The van der Waals surface area contributed by atoms with Crippen molar-refractivity contribution >= 4 is 22.7 Å². The molecule has 1 aromatic heterocycles. The van der Waals surface area contributed by atoms with Crippen LogP contribution in [0.5, 0.6) is 5.75 Å². The predicted octanol–water partition coefficient (Wildman–Crippen LogP) is 3.83. The first-order chi connectivity index (χ1) is 16.4. The van der Waals surface area contributed by atoms with Crippen LogP contribution in [0.25, 0.3) is 10.9 Å². The number of piperidine rings is 1. The fourth-order valence-electron chi connectivity index (χ4n) is 4.85. The Hall–Kier alpha value is -2.56. The SMILES string of the molecule is COc1cc2c(NC3CCN(C(C)C)CC3)nc(N(C)C)nc2cc1C#CCCN1CCCC1. The van der Waals surface area contributed by atoms with Crippen LogP contribution in [0.15, 0.2) is 12.1 Å². The molecule has 2 aliphatic rings. The second-order valence-electron chi connectivity index (χ2n) is 9.99. The molecule has 0 amide bonds. The molecule has 0 aliphatic carbocycles. The molecule has 0 atom stereocenters. The summed E-state index contributed by atoms with van der Waals surface area (Å²) in [5, 5.41) is 4.71. The molecular formula is C27H40N6O. The number of anilines is 2. The normalized spacial score (nSPS) is 17.7. The zero-order chi connectivity index (χ0) is 24.1. The average molecular weight is 465 g/mol. The number of fused-ring (bicyclic) bond motifs is 1. The molecule has 4 rings (SSSR count). The number of rotatable bonds is 7. The van der Waals surface area contributed by atoms with Crippen LogP contribution in [0.3, 0.4) is 0 Å². The maximum absolute atomic E-state index is 5.73. The zero-order valence-electron chi connectivity index (χ0n) is 21.5. The van der Waals surface area contributed by atoms with Crippen molar-refractivity contribution in [3.8, 4) is 17.6 Å². The third-order valence-corrected chi connectivity index (χ3v) is 6.98. The highest BCUT2D eigenvalue weighted by molar-refractivity contribution is 5.92. The Balaban J connectivity index is 1.58. The minimum absolute atomic E-state index is 0.402. The van der Waals surface area contributed by atoms with Crippen molar-refractivity contribution in [2.45, 2.75) is 58.0 Å². The number of nitrogens with one attached hydrogen (secondary N) is 1. The first-order valence-electron chi connectivity index (χ1n) is 12.7. The van der Waals surface area contributed by atoms with Crippen molar-refractivity contribution in [1.29, 1.82) is 0 Å². The number of methoxy groups -OCH3 is 1. The summed E-state index contributed by atoms with van der Waals surface area (Å²) in [7, 11) is 5.67. The van der Waals surface area contributed by atoms with Gasteiger partial charge in [0, 0.05) is 57.6 Å². The second kappa shape index (κ2) is 11.2. The highest BCUT2D eigenvalue weighted by Crippen LogP contribution is 2.31. The second-order valence-corrected chi connectivity index (χ2v) is 9.99.